The average molecular weight is 527 g/mol. The molecule has 3 aromatic carbocycles. The molecule has 1 aliphatic heterocycles. The maximum absolute atomic E-state index is 13.2. The Balaban J connectivity index is 1.59. The number of para-hydroxylation sites is 1. The van der Waals surface area contributed by atoms with E-state index in [0.29, 0.717) is 45.3 Å². The minimum absolute atomic E-state index is 0.168. The molecule has 1 amide bonds. The van der Waals surface area contributed by atoms with Gasteiger partial charge in [-0.05, 0) is 65.4 Å². The second kappa shape index (κ2) is 12.1. The molecular formula is C27H24ClFN2O4S. The first-order chi connectivity index (χ1) is 17.5. The Morgan fingerprint density at radius 3 is 2.53 bits per heavy atom. The molecule has 0 unspecified atom stereocenters. The van der Waals surface area contributed by atoms with E-state index >= 15 is 0 Å². The predicted molar refractivity (Wildman–Crippen MR) is 141 cm³/mol. The van der Waals surface area contributed by atoms with Crippen molar-refractivity contribution < 1.29 is 23.4 Å². The van der Waals surface area contributed by atoms with Gasteiger partial charge in [0.15, 0.2) is 16.7 Å². The second-order valence-electron chi connectivity index (χ2n) is 7.74. The van der Waals surface area contributed by atoms with Crippen LogP contribution in [0.2, 0.25) is 5.02 Å². The van der Waals surface area contributed by atoms with Crippen molar-refractivity contribution in [3.63, 3.8) is 0 Å². The molecule has 1 saturated heterocycles. The molecule has 1 heterocycles. The van der Waals surface area contributed by atoms with Crippen LogP contribution < -0.4 is 9.47 Å². The van der Waals surface area contributed by atoms with Crippen LogP contribution in [-0.2, 0) is 16.1 Å². The van der Waals surface area contributed by atoms with E-state index in [9.17, 15) is 9.18 Å². The highest BCUT2D eigenvalue weighted by molar-refractivity contribution is 8.18. The minimum atomic E-state index is -0.316. The van der Waals surface area contributed by atoms with E-state index in [-0.39, 0.29) is 18.3 Å². The Morgan fingerprint density at radius 2 is 1.83 bits per heavy atom. The van der Waals surface area contributed by atoms with E-state index in [1.54, 1.807) is 42.4 Å². The number of amidine groups is 1. The first kappa shape index (κ1) is 25.8. The summed E-state index contributed by atoms with van der Waals surface area (Å²) in [5, 5.41) is 0.903. The lowest BCUT2D eigenvalue weighted by atomic mass is 10.1. The van der Waals surface area contributed by atoms with Gasteiger partial charge in [-0.2, -0.15) is 0 Å². The lowest BCUT2D eigenvalue weighted by Gasteiger charge is -2.14. The minimum Gasteiger partial charge on any atom is -0.493 e. The molecule has 0 radical (unpaired) electrons. The summed E-state index contributed by atoms with van der Waals surface area (Å²) in [5.41, 5.74) is 2.22. The molecule has 3 aromatic rings. The fourth-order valence-corrected chi connectivity index (χ4v) is 4.73. The molecule has 0 aliphatic carbocycles. The zero-order valence-corrected chi connectivity index (χ0v) is 21.3. The van der Waals surface area contributed by atoms with Crippen LogP contribution in [0.4, 0.5) is 10.1 Å². The maximum Gasteiger partial charge on any atom is 0.266 e. The fraction of sp³-hybridized carbons (Fsp3) is 0.185. The zero-order valence-electron chi connectivity index (χ0n) is 19.7. The number of carbonyl (C=O) groups is 1. The maximum atomic E-state index is 13.2. The molecular weight excluding hydrogens is 503 g/mol. The summed E-state index contributed by atoms with van der Waals surface area (Å²) in [4.78, 5) is 19.9. The van der Waals surface area contributed by atoms with Crippen molar-refractivity contribution in [3.05, 3.63) is 93.6 Å². The molecule has 4 rings (SSSR count). The smallest absolute Gasteiger partial charge is 0.266 e. The van der Waals surface area contributed by atoms with Crippen LogP contribution in [0.15, 0.2) is 76.6 Å². The van der Waals surface area contributed by atoms with E-state index in [2.05, 4.69) is 4.99 Å². The summed E-state index contributed by atoms with van der Waals surface area (Å²) in [6, 6.07) is 18.9. The van der Waals surface area contributed by atoms with Crippen LogP contribution in [0.25, 0.3) is 6.08 Å². The Labute approximate surface area is 218 Å². The molecule has 0 atom stereocenters. The predicted octanol–water partition coefficient (Wildman–Crippen LogP) is 6.32. The third-order valence-corrected chi connectivity index (χ3v) is 6.52. The highest BCUT2D eigenvalue weighted by atomic mass is 35.5. The molecule has 36 heavy (non-hydrogen) atoms. The van der Waals surface area contributed by atoms with E-state index < -0.39 is 0 Å². The number of hydrogen-bond donors (Lipinski definition) is 0. The number of thioether (sulfide) groups is 1. The number of amides is 1. The zero-order chi connectivity index (χ0) is 25.5. The summed E-state index contributed by atoms with van der Waals surface area (Å²) < 4.78 is 29.7. The number of rotatable bonds is 9. The first-order valence-corrected chi connectivity index (χ1v) is 12.3. The molecule has 186 valence electrons. The molecule has 6 nitrogen and oxygen atoms in total. The van der Waals surface area contributed by atoms with Crippen LogP contribution in [-0.4, -0.2) is 43.3 Å². The SMILES string of the molecule is COCCN1C(=O)C(=Cc2cc(Cl)c(OCc3ccc(F)cc3)c(OC)c2)SC1=Nc1ccccc1. The van der Waals surface area contributed by atoms with Crippen LogP contribution in [0.5, 0.6) is 11.5 Å². The third-order valence-electron chi connectivity index (χ3n) is 5.23. The average Bonchev–Trinajstić information content (AvgIpc) is 3.16. The number of methoxy groups -OCH3 is 2. The van der Waals surface area contributed by atoms with E-state index in [1.165, 1.54) is 31.0 Å². The standard InChI is InChI=1S/C27H24ClFN2O4S/c1-33-13-12-31-26(32)24(36-27(31)30-21-6-4-3-5-7-21)16-19-14-22(28)25(23(15-19)34-2)35-17-18-8-10-20(29)11-9-18/h3-11,14-16H,12-13,17H2,1-2H3. The monoisotopic (exact) mass is 526 g/mol. The van der Waals surface area contributed by atoms with Gasteiger partial charge in [0.2, 0.25) is 0 Å². The van der Waals surface area contributed by atoms with Crippen molar-refractivity contribution >= 4 is 46.2 Å². The van der Waals surface area contributed by atoms with Gasteiger partial charge in [0.05, 0.1) is 35.9 Å². The molecule has 1 fully saturated rings. The molecule has 0 spiro atoms. The van der Waals surface area contributed by atoms with Crippen molar-refractivity contribution in [1.29, 1.82) is 0 Å². The largest absolute Gasteiger partial charge is 0.493 e. The Bertz CT molecular complexity index is 1280. The molecule has 1 aliphatic rings. The first-order valence-electron chi connectivity index (χ1n) is 11.1. The third kappa shape index (κ3) is 6.26. The number of halogens is 2. The molecule has 0 aromatic heterocycles. The highest BCUT2D eigenvalue weighted by Gasteiger charge is 2.33. The summed E-state index contributed by atoms with van der Waals surface area (Å²) in [7, 11) is 3.10. The lowest BCUT2D eigenvalue weighted by Crippen LogP contribution is -2.32. The van der Waals surface area contributed by atoms with Crippen LogP contribution >= 0.6 is 23.4 Å². The van der Waals surface area contributed by atoms with Gasteiger partial charge in [0.25, 0.3) is 5.91 Å². The summed E-state index contributed by atoms with van der Waals surface area (Å²) in [6.45, 7) is 0.956. The quantitative estimate of drug-likeness (QED) is 0.305. The summed E-state index contributed by atoms with van der Waals surface area (Å²) >= 11 is 7.81. The van der Waals surface area contributed by atoms with Crippen molar-refractivity contribution in [2.24, 2.45) is 4.99 Å². The van der Waals surface area contributed by atoms with Crippen LogP contribution in [0.3, 0.4) is 0 Å². The number of hydrogen-bond acceptors (Lipinski definition) is 6. The van der Waals surface area contributed by atoms with E-state index in [4.69, 9.17) is 25.8 Å². The molecule has 0 saturated carbocycles. The fourth-order valence-electron chi connectivity index (χ4n) is 3.43. The Kier molecular flexibility index (Phi) is 8.64. The van der Waals surface area contributed by atoms with Crippen LogP contribution in [0.1, 0.15) is 11.1 Å². The van der Waals surface area contributed by atoms with Gasteiger partial charge in [0, 0.05) is 7.11 Å². The number of ether oxygens (including phenoxy) is 3. The van der Waals surface area contributed by atoms with Gasteiger partial charge in [0.1, 0.15) is 12.4 Å². The van der Waals surface area contributed by atoms with Gasteiger partial charge in [-0.15, -0.1) is 0 Å². The Morgan fingerprint density at radius 1 is 1.08 bits per heavy atom. The number of benzene rings is 3. The van der Waals surface area contributed by atoms with Gasteiger partial charge >= 0.3 is 0 Å². The number of nitrogens with zero attached hydrogens (tertiary/aromatic N) is 2. The second-order valence-corrected chi connectivity index (χ2v) is 9.16. The molecule has 0 bridgehead atoms. The van der Waals surface area contributed by atoms with E-state index in [1.807, 2.05) is 30.3 Å². The summed E-state index contributed by atoms with van der Waals surface area (Å²) in [5.74, 6) is 0.299. The van der Waals surface area contributed by atoms with Crippen molar-refractivity contribution in [1.82, 2.24) is 4.90 Å². The van der Waals surface area contributed by atoms with Crippen molar-refractivity contribution in [2.45, 2.75) is 6.61 Å². The van der Waals surface area contributed by atoms with Gasteiger partial charge < -0.3 is 14.2 Å². The number of carbonyl (C=O) groups excluding carboxylic acids is 1. The highest BCUT2D eigenvalue weighted by Crippen LogP contribution is 2.39. The topological polar surface area (TPSA) is 60.4 Å². The van der Waals surface area contributed by atoms with E-state index in [0.717, 1.165) is 11.3 Å². The van der Waals surface area contributed by atoms with Gasteiger partial charge in [-0.1, -0.05) is 41.9 Å². The van der Waals surface area contributed by atoms with Crippen molar-refractivity contribution in [2.75, 3.05) is 27.4 Å². The van der Waals surface area contributed by atoms with Crippen LogP contribution in [0, 0.1) is 5.82 Å². The Hall–Kier alpha value is -3.33. The van der Waals surface area contributed by atoms with Gasteiger partial charge in [-0.3, -0.25) is 9.69 Å². The molecule has 0 N–H and O–H groups in total. The lowest BCUT2D eigenvalue weighted by molar-refractivity contribution is -0.122. The summed E-state index contributed by atoms with van der Waals surface area (Å²) in [6.07, 6.45) is 1.75. The van der Waals surface area contributed by atoms with Gasteiger partial charge in [-0.25, -0.2) is 9.38 Å². The number of aliphatic imine (C=N–C) groups is 1. The normalized spacial score (nSPS) is 15.7. The molecule has 9 heteroatoms. The van der Waals surface area contributed by atoms with Crippen molar-refractivity contribution in [3.8, 4) is 11.5 Å².